The number of nitro groups is 1. The van der Waals surface area contributed by atoms with Gasteiger partial charge in [0.2, 0.25) is 0 Å². The topological polar surface area (TPSA) is 84.3 Å². The van der Waals surface area contributed by atoms with Crippen LogP contribution in [0.4, 0.5) is 5.69 Å². The lowest BCUT2D eigenvalue weighted by Gasteiger charge is -2.25. The highest BCUT2D eigenvalue weighted by molar-refractivity contribution is 5.77. The van der Waals surface area contributed by atoms with E-state index in [4.69, 9.17) is 4.74 Å². The van der Waals surface area contributed by atoms with Gasteiger partial charge in [-0.2, -0.15) is 0 Å². The Morgan fingerprint density at radius 2 is 2.20 bits per heavy atom. The van der Waals surface area contributed by atoms with E-state index in [0.29, 0.717) is 0 Å². The standard InChI is InChI=1S/C13H16N4O3/c18-17(19)10-1-2-11-12(9-10)15-13(14-11)3-4-16-5-7-20-8-6-16/h1-2,9H,3-8H2,(H,14,15). The molecule has 0 unspecified atom stereocenters. The molecule has 1 fully saturated rings. The second-order valence-electron chi connectivity index (χ2n) is 4.85. The highest BCUT2D eigenvalue weighted by atomic mass is 16.6. The van der Waals surface area contributed by atoms with Crippen molar-refractivity contribution in [3.8, 4) is 0 Å². The third-order valence-corrected chi connectivity index (χ3v) is 3.49. The van der Waals surface area contributed by atoms with Crippen LogP contribution in [0.1, 0.15) is 5.82 Å². The van der Waals surface area contributed by atoms with E-state index < -0.39 is 4.92 Å². The predicted octanol–water partition coefficient (Wildman–Crippen LogP) is 1.35. The van der Waals surface area contributed by atoms with Crippen LogP contribution in [0.2, 0.25) is 0 Å². The van der Waals surface area contributed by atoms with Crippen molar-refractivity contribution < 1.29 is 9.66 Å². The van der Waals surface area contributed by atoms with Gasteiger partial charge in [0.25, 0.3) is 5.69 Å². The van der Waals surface area contributed by atoms with Crippen LogP contribution in [0.25, 0.3) is 11.0 Å². The Morgan fingerprint density at radius 3 is 2.95 bits per heavy atom. The van der Waals surface area contributed by atoms with Crippen LogP contribution in [-0.2, 0) is 11.2 Å². The Hall–Kier alpha value is -1.99. The number of imidazole rings is 1. The molecular weight excluding hydrogens is 260 g/mol. The van der Waals surface area contributed by atoms with Crippen molar-refractivity contribution in [1.82, 2.24) is 14.9 Å². The smallest absolute Gasteiger partial charge is 0.271 e. The molecule has 1 aliphatic rings. The van der Waals surface area contributed by atoms with E-state index in [9.17, 15) is 10.1 Å². The lowest BCUT2D eigenvalue weighted by Crippen LogP contribution is -2.37. The Bertz CT molecular complexity index is 619. The SMILES string of the molecule is O=[N+]([O-])c1ccc2nc(CCN3CCOCC3)[nH]c2c1. The van der Waals surface area contributed by atoms with Gasteiger partial charge in [0.15, 0.2) is 0 Å². The molecule has 7 heteroatoms. The van der Waals surface area contributed by atoms with Gasteiger partial charge >= 0.3 is 0 Å². The van der Waals surface area contributed by atoms with Gasteiger partial charge in [0.1, 0.15) is 5.82 Å². The number of hydrogen-bond acceptors (Lipinski definition) is 5. The zero-order valence-corrected chi connectivity index (χ0v) is 11.0. The van der Waals surface area contributed by atoms with E-state index in [1.165, 1.54) is 12.1 Å². The fraction of sp³-hybridized carbons (Fsp3) is 0.462. The Labute approximate surface area is 115 Å². The molecule has 0 aliphatic carbocycles. The molecule has 1 aromatic heterocycles. The summed E-state index contributed by atoms with van der Waals surface area (Å²) >= 11 is 0. The zero-order valence-electron chi connectivity index (χ0n) is 11.0. The molecule has 1 aromatic carbocycles. The fourth-order valence-electron chi connectivity index (χ4n) is 2.37. The van der Waals surface area contributed by atoms with Gasteiger partial charge in [0.05, 0.1) is 29.2 Å². The Morgan fingerprint density at radius 1 is 1.40 bits per heavy atom. The minimum absolute atomic E-state index is 0.0841. The van der Waals surface area contributed by atoms with Crippen LogP contribution in [0.15, 0.2) is 18.2 Å². The highest BCUT2D eigenvalue weighted by Gasteiger charge is 2.12. The minimum atomic E-state index is -0.395. The number of fused-ring (bicyclic) bond motifs is 1. The molecule has 3 rings (SSSR count). The quantitative estimate of drug-likeness (QED) is 0.673. The fourth-order valence-corrected chi connectivity index (χ4v) is 2.37. The first-order valence-corrected chi connectivity index (χ1v) is 6.65. The van der Waals surface area contributed by atoms with Crippen molar-refractivity contribution >= 4 is 16.7 Å². The summed E-state index contributed by atoms with van der Waals surface area (Å²) in [6.07, 6.45) is 0.808. The number of nitrogens with one attached hydrogen (secondary N) is 1. The van der Waals surface area contributed by atoms with Crippen molar-refractivity contribution in [3.05, 3.63) is 34.1 Å². The van der Waals surface area contributed by atoms with Gasteiger partial charge in [-0.3, -0.25) is 15.0 Å². The van der Waals surface area contributed by atoms with E-state index in [1.807, 2.05) is 0 Å². The van der Waals surface area contributed by atoms with E-state index in [-0.39, 0.29) is 5.69 Å². The summed E-state index contributed by atoms with van der Waals surface area (Å²) in [5.74, 6) is 0.868. The number of nitrogens with zero attached hydrogens (tertiary/aromatic N) is 3. The van der Waals surface area contributed by atoms with Gasteiger partial charge in [-0.25, -0.2) is 4.98 Å². The van der Waals surface area contributed by atoms with Gasteiger partial charge in [0, 0.05) is 38.2 Å². The van der Waals surface area contributed by atoms with Gasteiger partial charge in [-0.05, 0) is 6.07 Å². The normalized spacial score (nSPS) is 16.6. The van der Waals surface area contributed by atoms with Crippen molar-refractivity contribution in [2.45, 2.75) is 6.42 Å². The minimum Gasteiger partial charge on any atom is -0.379 e. The average Bonchev–Trinajstić information content (AvgIpc) is 2.88. The summed E-state index contributed by atoms with van der Waals surface area (Å²) in [6, 6.07) is 4.69. The summed E-state index contributed by atoms with van der Waals surface area (Å²) in [5.41, 5.74) is 1.57. The molecule has 0 saturated carbocycles. The van der Waals surface area contributed by atoms with Crippen molar-refractivity contribution in [1.29, 1.82) is 0 Å². The van der Waals surface area contributed by atoms with Crippen LogP contribution < -0.4 is 0 Å². The number of rotatable bonds is 4. The van der Waals surface area contributed by atoms with Crippen LogP contribution in [0.3, 0.4) is 0 Å². The number of H-pyrrole nitrogens is 1. The van der Waals surface area contributed by atoms with E-state index >= 15 is 0 Å². The van der Waals surface area contributed by atoms with Crippen LogP contribution in [0, 0.1) is 10.1 Å². The van der Waals surface area contributed by atoms with E-state index in [0.717, 1.165) is 56.1 Å². The van der Waals surface area contributed by atoms with Gasteiger partial charge in [-0.1, -0.05) is 0 Å². The number of non-ortho nitro benzene ring substituents is 1. The maximum atomic E-state index is 10.7. The number of ether oxygens (including phenoxy) is 1. The molecular formula is C13H16N4O3. The largest absolute Gasteiger partial charge is 0.379 e. The second kappa shape index (κ2) is 5.56. The summed E-state index contributed by atoms with van der Waals surface area (Å²) < 4.78 is 5.31. The maximum Gasteiger partial charge on any atom is 0.271 e. The average molecular weight is 276 g/mol. The molecule has 1 saturated heterocycles. The van der Waals surface area contributed by atoms with Gasteiger partial charge < -0.3 is 9.72 Å². The Balaban J connectivity index is 1.70. The number of hydrogen-bond donors (Lipinski definition) is 1. The molecule has 1 N–H and O–H groups in total. The Kier molecular flexibility index (Phi) is 3.62. The molecule has 0 atom stereocenters. The summed E-state index contributed by atoms with van der Waals surface area (Å²) in [4.78, 5) is 20.3. The predicted molar refractivity (Wildman–Crippen MR) is 73.7 cm³/mol. The molecule has 0 bridgehead atoms. The molecule has 1 aliphatic heterocycles. The lowest BCUT2D eigenvalue weighted by molar-refractivity contribution is -0.384. The molecule has 2 heterocycles. The number of aromatic nitrogens is 2. The first-order valence-electron chi connectivity index (χ1n) is 6.65. The number of morpholine rings is 1. The van der Waals surface area contributed by atoms with Crippen LogP contribution in [-0.4, -0.2) is 52.6 Å². The molecule has 20 heavy (non-hydrogen) atoms. The van der Waals surface area contributed by atoms with Gasteiger partial charge in [-0.15, -0.1) is 0 Å². The van der Waals surface area contributed by atoms with Crippen molar-refractivity contribution in [3.63, 3.8) is 0 Å². The first kappa shape index (κ1) is 13.0. The summed E-state index contributed by atoms with van der Waals surface area (Å²) in [7, 11) is 0. The highest BCUT2D eigenvalue weighted by Crippen LogP contribution is 2.19. The number of aromatic amines is 1. The third kappa shape index (κ3) is 2.78. The lowest BCUT2D eigenvalue weighted by atomic mass is 10.3. The third-order valence-electron chi connectivity index (χ3n) is 3.49. The van der Waals surface area contributed by atoms with Crippen molar-refractivity contribution in [2.75, 3.05) is 32.8 Å². The monoisotopic (exact) mass is 276 g/mol. The summed E-state index contributed by atoms with van der Waals surface area (Å²) in [6.45, 7) is 4.39. The van der Waals surface area contributed by atoms with E-state index in [1.54, 1.807) is 6.07 Å². The van der Waals surface area contributed by atoms with Crippen LogP contribution in [0.5, 0.6) is 0 Å². The second-order valence-corrected chi connectivity index (χ2v) is 4.85. The first-order chi connectivity index (χ1) is 9.72. The maximum absolute atomic E-state index is 10.7. The van der Waals surface area contributed by atoms with Crippen LogP contribution >= 0.6 is 0 Å². The number of benzene rings is 1. The zero-order chi connectivity index (χ0) is 13.9. The molecule has 0 radical (unpaired) electrons. The van der Waals surface area contributed by atoms with Crippen molar-refractivity contribution in [2.24, 2.45) is 0 Å². The molecule has 0 spiro atoms. The molecule has 0 amide bonds. The number of nitro benzene ring substituents is 1. The molecule has 106 valence electrons. The van der Waals surface area contributed by atoms with E-state index in [2.05, 4.69) is 14.9 Å². The molecule has 2 aromatic rings. The molecule has 7 nitrogen and oxygen atoms in total. The summed E-state index contributed by atoms with van der Waals surface area (Å²) in [5, 5.41) is 10.7.